The van der Waals surface area contributed by atoms with E-state index in [1.165, 1.54) is 0 Å². The Hall–Kier alpha value is -0.660. The molecule has 0 saturated heterocycles. The van der Waals surface area contributed by atoms with Gasteiger partial charge >= 0.3 is 0 Å². The summed E-state index contributed by atoms with van der Waals surface area (Å²) >= 11 is 2.82. The van der Waals surface area contributed by atoms with Crippen LogP contribution >= 0.6 is 26.6 Å². The largest absolute Gasteiger partial charge is 0.347 e. The molecule has 4 nitrogen and oxygen atoms in total. The molecule has 0 fully saturated rings. The van der Waals surface area contributed by atoms with Crippen LogP contribution in [0.25, 0.3) is 0 Å². The number of nitrogens with one attached hydrogen (secondary N) is 1. The van der Waals surface area contributed by atoms with Crippen molar-refractivity contribution in [2.45, 2.75) is 44.0 Å². The Morgan fingerprint density at radius 1 is 1.38 bits per heavy atom. The molecule has 1 rings (SSSR count). The van der Waals surface area contributed by atoms with Gasteiger partial charge in [0.25, 0.3) is 15.0 Å². The molecule has 0 aliphatic carbocycles. The average molecular weight is 401 g/mol. The van der Waals surface area contributed by atoms with E-state index in [1.807, 2.05) is 20.8 Å². The molecule has 8 heteroatoms. The van der Waals surface area contributed by atoms with Gasteiger partial charge in [0.15, 0.2) is 0 Å². The second kappa shape index (κ2) is 6.62. The fourth-order valence-corrected chi connectivity index (χ4v) is 3.74. The zero-order chi connectivity index (χ0) is 16.4. The van der Waals surface area contributed by atoms with Crippen molar-refractivity contribution >= 4 is 41.6 Å². The van der Waals surface area contributed by atoms with E-state index in [-0.39, 0.29) is 10.0 Å². The van der Waals surface area contributed by atoms with Crippen LogP contribution in [0.15, 0.2) is 21.5 Å². The second-order valence-electron chi connectivity index (χ2n) is 4.93. The molecule has 0 atom stereocenters. The monoisotopic (exact) mass is 399 g/mol. The molecule has 0 aromatic heterocycles. The van der Waals surface area contributed by atoms with E-state index in [0.29, 0.717) is 12.8 Å². The van der Waals surface area contributed by atoms with Crippen molar-refractivity contribution in [1.29, 1.82) is 0 Å². The fourth-order valence-electron chi connectivity index (χ4n) is 1.65. The van der Waals surface area contributed by atoms with Crippen LogP contribution in [0.4, 0.5) is 4.39 Å². The Balaban J connectivity index is 3.27. The van der Waals surface area contributed by atoms with Crippen LogP contribution in [0, 0.1) is 5.82 Å². The minimum absolute atomic E-state index is 0.0944. The molecule has 118 valence electrons. The third-order valence-corrected chi connectivity index (χ3v) is 5.91. The molecule has 21 heavy (non-hydrogen) atoms. The van der Waals surface area contributed by atoms with Crippen LogP contribution in [0.3, 0.4) is 0 Å². The lowest BCUT2D eigenvalue weighted by Gasteiger charge is -2.28. The van der Waals surface area contributed by atoms with Crippen LogP contribution in [0.2, 0.25) is 0 Å². The normalized spacial score (nSPS) is 12.3. The summed E-state index contributed by atoms with van der Waals surface area (Å²) in [6.07, 6.45) is 1.38. The third kappa shape index (κ3) is 4.40. The Kier molecular flexibility index (Phi) is 5.80. The summed E-state index contributed by atoms with van der Waals surface area (Å²) in [7, 11) is 1.08. The zero-order valence-corrected chi connectivity index (χ0v) is 15.0. The first-order valence-corrected chi connectivity index (χ1v) is 9.40. The summed E-state index contributed by atoms with van der Waals surface area (Å²) in [5.41, 5.74) is -0.538. The van der Waals surface area contributed by atoms with Gasteiger partial charge in [-0.1, -0.05) is 13.8 Å². The van der Waals surface area contributed by atoms with Gasteiger partial charge in [-0.05, 0) is 47.8 Å². The summed E-state index contributed by atoms with van der Waals surface area (Å²) in [6, 6.07) is 2.02. The summed E-state index contributed by atoms with van der Waals surface area (Å²) in [6.45, 7) is 5.69. The smallest absolute Gasteiger partial charge is 0.262 e. The number of rotatable bonds is 5. The lowest BCUT2D eigenvalue weighted by Crippen LogP contribution is -2.45. The number of hydrogen-bond donors (Lipinski definition) is 1. The highest BCUT2D eigenvalue weighted by Gasteiger charge is 2.25. The molecule has 0 spiro atoms. The molecule has 0 aliphatic heterocycles. The van der Waals surface area contributed by atoms with Gasteiger partial charge in [0.05, 0.1) is 4.47 Å². The van der Waals surface area contributed by atoms with E-state index in [9.17, 15) is 17.6 Å². The SMILES string of the molecule is CCC(C)(CC)NC(=O)c1cc(F)c(Br)c(S(=O)(=O)Cl)c1. The third-order valence-electron chi connectivity index (χ3n) is 3.50. The molecule has 0 radical (unpaired) electrons. The summed E-state index contributed by atoms with van der Waals surface area (Å²) in [5, 5.41) is 2.78. The van der Waals surface area contributed by atoms with Crippen LogP contribution in [0.1, 0.15) is 44.0 Å². The topological polar surface area (TPSA) is 63.2 Å². The van der Waals surface area contributed by atoms with Crippen molar-refractivity contribution in [3.63, 3.8) is 0 Å². The maximum absolute atomic E-state index is 13.8. The minimum Gasteiger partial charge on any atom is -0.347 e. The molecule has 1 aromatic rings. The first-order chi connectivity index (χ1) is 9.54. The van der Waals surface area contributed by atoms with Gasteiger partial charge in [-0.2, -0.15) is 0 Å². The van der Waals surface area contributed by atoms with Gasteiger partial charge in [0.2, 0.25) is 0 Å². The van der Waals surface area contributed by atoms with Crippen molar-refractivity contribution in [1.82, 2.24) is 5.32 Å². The van der Waals surface area contributed by atoms with Crippen molar-refractivity contribution in [2.24, 2.45) is 0 Å². The highest BCUT2D eigenvalue weighted by molar-refractivity contribution is 9.10. The lowest BCUT2D eigenvalue weighted by atomic mass is 9.95. The second-order valence-corrected chi connectivity index (χ2v) is 8.26. The Morgan fingerprint density at radius 2 is 1.90 bits per heavy atom. The molecule has 0 unspecified atom stereocenters. The van der Waals surface area contributed by atoms with Gasteiger partial charge in [-0.15, -0.1) is 0 Å². The van der Waals surface area contributed by atoms with E-state index in [4.69, 9.17) is 10.7 Å². The Morgan fingerprint density at radius 3 is 2.33 bits per heavy atom. The highest BCUT2D eigenvalue weighted by Crippen LogP contribution is 2.29. The van der Waals surface area contributed by atoms with Crippen LogP contribution in [-0.4, -0.2) is 19.9 Å². The average Bonchev–Trinajstić information content (AvgIpc) is 2.40. The van der Waals surface area contributed by atoms with E-state index < -0.39 is 31.2 Å². The first kappa shape index (κ1) is 18.4. The predicted octanol–water partition coefficient (Wildman–Crippen LogP) is 3.82. The van der Waals surface area contributed by atoms with E-state index in [0.717, 1.165) is 12.1 Å². The van der Waals surface area contributed by atoms with Crippen LogP contribution in [-0.2, 0) is 9.05 Å². The molecule has 0 bridgehead atoms. The van der Waals surface area contributed by atoms with Crippen molar-refractivity contribution in [3.05, 3.63) is 28.0 Å². The van der Waals surface area contributed by atoms with E-state index in [1.54, 1.807) is 0 Å². The molecular formula is C13H16BrClFNO3S. The number of hydrogen-bond acceptors (Lipinski definition) is 3. The first-order valence-electron chi connectivity index (χ1n) is 6.30. The Labute approximate surface area is 136 Å². The Bertz CT molecular complexity index is 660. The molecule has 1 aromatic carbocycles. The van der Waals surface area contributed by atoms with Gasteiger partial charge in [0, 0.05) is 21.8 Å². The van der Waals surface area contributed by atoms with Gasteiger partial charge in [-0.25, -0.2) is 12.8 Å². The summed E-state index contributed by atoms with van der Waals surface area (Å²) in [5.74, 6) is -1.41. The van der Waals surface area contributed by atoms with Crippen LogP contribution < -0.4 is 5.32 Å². The van der Waals surface area contributed by atoms with Gasteiger partial charge in [0.1, 0.15) is 10.7 Å². The van der Waals surface area contributed by atoms with E-state index >= 15 is 0 Å². The van der Waals surface area contributed by atoms with Crippen LogP contribution in [0.5, 0.6) is 0 Å². The summed E-state index contributed by atoms with van der Waals surface area (Å²) in [4.78, 5) is 11.7. The van der Waals surface area contributed by atoms with Crippen molar-refractivity contribution < 1.29 is 17.6 Å². The zero-order valence-electron chi connectivity index (χ0n) is 11.8. The number of halogens is 3. The standard InChI is InChI=1S/C13H16BrClFNO3S/c1-4-13(3,5-2)17-12(18)8-6-9(16)11(14)10(7-8)21(15,19)20/h6-7H,4-5H2,1-3H3,(H,17,18). The number of amides is 1. The number of carbonyl (C=O) groups excluding carboxylic acids is 1. The number of benzene rings is 1. The minimum atomic E-state index is -4.16. The molecular weight excluding hydrogens is 385 g/mol. The lowest BCUT2D eigenvalue weighted by molar-refractivity contribution is 0.0900. The maximum atomic E-state index is 13.8. The van der Waals surface area contributed by atoms with Crippen molar-refractivity contribution in [3.8, 4) is 0 Å². The molecule has 1 N–H and O–H groups in total. The molecule has 1 amide bonds. The summed E-state index contributed by atoms with van der Waals surface area (Å²) < 4.78 is 36.3. The number of carbonyl (C=O) groups is 1. The molecule has 0 saturated carbocycles. The highest BCUT2D eigenvalue weighted by atomic mass is 79.9. The molecule has 0 heterocycles. The quantitative estimate of drug-likeness (QED) is 0.764. The predicted molar refractivity (Wildman–Crippen MR) is 83.6 cm³/mol. The molecule has 0 aliphatic rings. The van der Waals surface area contributed by atoms with E-state index in [2.05, 4.69) is 21.2 Å². The van der Waals surface area contributed by atoms with Crippen molar-refractivity contribution in [2.75, 3.05) is 0 Å². The van der Waals surface area contributed by atoms with Gasteiger partial charge in [-0.3, -0.25) is 4.79 Å². The fraction of sp³-hybridized carbons (Fsp3) is 0.462. The van der Waals surface area contributed by atoms with Gasteiger partial charge < -0.3 is 5.32 Å². The maximum Gasteiger partial charge on any atom is 0.262 e.